The van der Waals surface area contributed by atoms with Crippen molar-refractivity contribution in [1.82, 2.24) is 5.32 Å². The van der Waals surface area contributed by atoms with E-state index in [1.165, 1.54) is 5.56 Å². The Labute approximate surface area is 119 Å². The van der Waals surface area contributed by atoms with Crippen LogP contribution in [0.5, 0.6) is 0 Å². The van der Waals surface area contributed by atoms with Gasteiger partial charge in [-0.15, -0.1) is 0 Å². The summed E-state index contributed by atoms with van der Waals surface area (Å²) in [7, 11) is 0. The van der Waals surface area contributed by atoms with E-state index in [4.69, 9.17) is 5.73 Å². The van der Waals surface area contributed by atoms with Gasteiger partial charge in [0.2, 0.25) is 5.91 Å². The zero-order valence-electron chi connectivity index (χ0n) is 11.7. The van der Waals surface area contributed by atoms with E-state index in [9.17, 15) is 4.79 Å². The second-order valence-corrected chi connectivity index (χ2v) is 5.08. The lowest BCUT2D eigenvalue weighted by Crippen LogP contribution is -2.35. The minimum absolute atomic E-state index is 0.0400. The van der Waals surface area contributed by atoms with Gasteiger partial charge < -0.3 is 11.1 Å². The topological polar surface area (TPSA) is 55.1 Å². The van der Waals surface area contributed by atoms with Crippen LogP contribution in [-0.4, -0.2) is 11.9 Å². The van der Waals surface area contributed by atoms with Crippen molar-refractivity contribution in [3.63, 3.8) is 0 Å². The average Bonchev–Trinajstić information content (AvgIpc) is 2.42. The van der Waals surface area contributed by atoms with Crippen LogP contribution in [0.2, 0.25) is 0 Å². The third-order valence-corrected chi connectivity index (χ3v) is 3.14. The number of amides is 1. The Hall–Kier alpha value is -2.29. The zero-order chi connectivity index (χ0) is 14.4. The largest absolute Gasteiger partial charge is 0.399 e. The Kier molecular flexibility index (Phi) is 4.77. The number of carbonyl (C=O) groups excluding carboxylic acids is 1. The standard InChI is InChI=1S/C17H20N2O/c1-13(11-14-5-3-2-4-6-14)19-17(20)12-15-7-9-16(18)10-8-15/h2-10,13H,11-12,18H2,1H3,(H,19,20)/t13-/m0/s1. The SMILES string of the molecule is C[C@@H](Cc1ccccc1)NC(=O)Cc1ccc(N)cc1. The lowest BCUT2D eigenvalue weighted by Gasteiger charge is -2.14. The van der Waals surface area contributed by atoms with E-state index < -0.39 is 0 Å². The van der Waals surface area contributed by atoms with E-state index in [2.05, 4.69) is 17.4 Å². The van der Waals surface area contributed by atoms with Gasteiger partial charge in [-0.2, -0.15) is 0 Å². The fourth-order valence-corrected chi connectivity index (χ4v) is 2.17. The van der Waals surface area contributed by atoms with Crippen LogP contribution in [0.25, 0.3) is 0 Å². The van der Waals surface area contributed by atoms with Crippen LogP contribution in [0.15, 0.2) is 54.6 Å². The molecule has 0 heterocycles. The maximum atomic E-state index is 12.0. The molecule has 2 rings (SSSR count). The number of hydrogen-bond donors (Lipinski definition) is 2. The summed E-state index contributed by atoms with van der Waals surface area (Å²) in [6.07, 6.45) is 1.23. The first kappa shape index (κ1) is 14.1. The summed E-state index contributed by atoms with van der Waals surface area (Å²) in [6, 6.07) is 17.7. The fraction of sp³-hybridized carbons (Fsp3) is 0.235. The van der Waals surface area contributed by atoms with Crippen LogP contribution >= 0.6 is 0 Å². The maximum Gasteiger partial charge on any atom is 0.224 e. The highest BCUT2D eigenvalue weighted by Gasteiger charge is 2.08. The van der Waals surface area contributed by atoms with Gasteiger partial charge in [0, 0.05) is 11.7 Å². The fourth-order valence-electron chi connectivity index (χ4n) is 2.17. The molecule has 0 aliphatic heterocycles. The summed E-state index contributed by atoms with van der Waals surface area (Å²) in [5.74, 6) is 0.0400. The molecule has 0 aromatic heterocycles. The van der Waals surface area contributed by atoms with Crippen molar-refractivity contribution < 1.29 is 4.79 Å². The minimum Gasteiger partial charge on any atom is -0.399 e. The highest BCUT2D eigenvalue weighted by Crippen LogP contribution is 2.07. The van der Waals surface area contributed by atoms with Gasteiger partial charge in [0.15, 0.2) is 0 Å². The van der Waals surface area contributed by atoms with Crippen molar-refractivity contribution in [1.29, 1.82) is 0 Å². The number of carbonyl (C=O) groups is 1. The molecule has 0 fully saturated rings. The summed E-state index contributed by atoms with van der Waals surface area (Å²) < 4.78 is 0. The van der Waals surface area contributed by atoms with E-state index in [1.54, 1.807) is 0 Å². The number of nitrogens with two attached hydrogens (primary N) is 1. The molecule has 2 aromatic carbocycles. The molecule has 0 radical (unpaired) electrons. The van der Waals surface area contributed by atoms with Crippen molar-refractivity contribution in [3.8, 4) is 0 Å². The molecule has 0 saturated carbocycles. The van der Waals surface area contributed by atoms with E-state index in [-0.39, 0.29) is 11.9 Å². The first-order valence-corrected chi connectivity index (χ1v) is 6.81. The van der Waals surface area contributed by atoms with Crippen LogP contribution in [0, 0.1) is 0 Å². The van der Waals surface area contributed by atoms with E-state index >= 15 is 0 Å². The molecule has 3 nitrogen and oxygen atoms in total. The van der Waals surface area contributed by atoms with Gasteiger partial charge in [-0.25, -0.2) is 0 Å². The molecule has 0 spiro atoms. The third-order valence-electron chi connectivity index (χ3n) is 3.14. The van der Waals surface area contributed by atoms with Gasteiger partial charge in [0.05, 0.1) is 6.42 Å². The van der Waals surface area contributed by atoms with Gasteiger partial charge in [-0.1, -0.05) is 42.5 Å². The molecular formula is C17H20N2O. The van der Waals surface area contributed by atoms with Crippen molar-refractivity contribution in [2.45, 2.75) is 25.8 Å². The highest BCUT2D eigenvalue weighted by atomic mass is 16.1. The second-order valence-electron chi connectivity index (χ2n) is 5.08. The lowest BCUT2D eigenvalue weighted by molar-refractivity contribution is -0.121. The Bertz CT molecular complexity index is 549. The molecule has 0 unspecified atom stereocenters. The minimum atomic E-state index is 0.0400. The molecule has 2 aromatic rings. The van der Waals surface area contributed by atoms with Gasteiger partial charge in [-0.05, 0) is 36.6 Å². The Morgan fingerprint density at radius 1 is 1.05 bits per heavy atom. The molecular weight excluding hydrogens is 248 g/mol. The van der Waals surface area contributed by atoms with Gasteiger partial charge >= 0.3 is 0 Å². The molecule has 0 bridgehead atoms. The van der Waals surface area contributed by atoms with Gasteiger partial charge in [0.25, 0.3) is 0 Å². The molecule has 1 amide bonds. The first-order valence-electron chi connectivity index (χ1n) is 6.81. The van der Waals surface area contributed by atoms with Gasteiger partial charge in [-0.3, -0.25) is 4.79 Å². The Balaban J connectivity index is 1.83. The summed E-state index contributed by atoms with van der Waals surface area (Å²) in [6.45, 7) is 2.02. The van der Waals surface area contributed by atoms with Crippen molar-refractivity contribution in [2.75, 3.05) is 5.73 Å². The summed E-state index contributed by atoms with van der Waals surface area (Å²) in [5, 5.41) is 3.02. The van der Waals surface area contributed by atoms with Gasteiger partial charge in [0.1, 0.15) is 0 Å². The van der Waals surface area contributed by atoms with E-state index in [0.29, 0.717) is 12.1 Å². The predicted octanol–water partition coefficient (Wildman–Crippen LogP) is 2.56. The number of anilines is 1. The summed E-state index contributed by atoms with van der Waals surface area (Å²) >= 11 is 0. The predicted molar refractivity (Wildman–Crippen MR) is 82.3 cm³/mol. The van der Waals surface area contributed by atoms with Crippen LogP contribution in [-0.2, 0) is 17.6 Å². The third kappa shape index (κ3) is 4.43. The number of rotatable bonds is 5. The van der Waals surface area contributed by atoms with Crippen molar-refractivity contribution in [2.24, 2.45) is 0 Å². The highest BCUT2D eigenvalue weighted by molar-refractivity contribution is 5.79. The Morgan fingerprint density at radius 2 is 1.70 bits per heavy atom. The van der Waals surface area contributed by atoms with Crippen LogP contribution in [0.1, 0.15) is 18.1 Å². The monoisotopic (exact) mass is 268 g/mol. The van der Waals surface area contributed by atoms with Crippen LogP contribution in [0.3, 0.4) is 0 Å². The summed E-state index contributed by atoms with van der Waals surface area (Å²) in [4.78, 5) is 12.0. The van der Waals surface area contributed by atoms with Crippen LogP contribution in [0.4, 0.5) is 5.69 Å². The number of benzene rings is 2. The molecule has 20 heavy (non-hydrogen) atoms. The smallest absolute Gasteiger partial charge is 0.224 e. The number of hydrogen-bond acceptors (Lipinski definition) is 2. The molecule has 104 valence electrons. The quantitative estimate of drug-likeness (QED) is 0.819. The number of nitrogens with one attached hydrogen (secondary N) is 1. The van der Waals surface area contributed by atoms with Crippen molar-refractivity contribution >= 4 is 11.6 Å². The van der Waals surface area contributed by atoms with Crippen LogP contribution < -0.4 is 11.1 Å². The molecule has 1 atom stereocenters. The molecule has 0 aliphatic carbocycles. The lowest BCUT2D eigenvalue weighted by atomic mass is 10.1. The van der Waals surface area contributed by atoms with E-state index in [0.717, 1.165) is 12.0 Å². The van der Waals surface area contributed by atoms with Crippen molar-refractivity contribution in [3.05, 3.63) is 65.7 Å². The molecule has 0 aliphatic rings. The second kappa shape index (κ2) is 6.75. The van der Waals surface area contributed by atoms with E-state index in [1.807, 2.05) is 49.4 Å². The average molecular weight is 268 g/mol. The molecule has 3 heteroatoms. The summed E-state index contributed by atoms with van der Waals surface area (Å²) in [5.41, 5.74) is 8.54. The zero-order valence-corrected chi connectivity index (χ0v) is 11.7. The molecule has 3 N–H and O–H groups in total. The first-order chi connectivity index (χ1) is 9.63. The normalized spacial score (nSPS) is 11.8. The molecule has 0 saturated heterocycles. The number of nitrogen functional groups attached to an aromatic ring is 1. The maximum absolute atomic E-state index is 12.0. The Morgan fingerprint density at radius 3 is 2.35 bits per heavy atom.